The maximum Gasteiger partial charge on any atom is 0.217 e. The Kier molecular flexibility index (Phi) is 8.74. The van der Waals surface area contributed by atoms with E-state index in [1.807, 2.05) is 0 Å². The topological polar surface area (TPSA) is 170 Å². The summed E-state index contributed by atoms with van der Waals surface area (Å²) >= 11 is 0. The number of hydrogen-bond acceptors (Lipinski definition) is 10. The van der Waals surface area contributed by atoms with Crippen LogP contribution in [-0.4, -0.2) is 113 Å². The van der Waals surface area contributed by atoms with Gasteiger partial charge in [0.2, 0.25) is 5.91 Å². The van der Waals surface area contributed by atoms with Crippen molar-refractivity contribution in [3.63, 3.8) is 0 Å². The highest BCUT2D eigenvalue weighted by molar-refractivity contribution is 5.73. The lowest BCUT2D eigenvalue weighted by atomic mass is 9.95. The quantitative estimate of drug-likeness (QED) is 0.198. The molecule has 0 spiro atoms. The van der Waals surface area contributed by atoms with E-state index in [2.05, 4.69) is 17.2 Å². The molecule has 9 atom stereocenters. The first-order valence-corrected chi connectivity index (χ1v) is 9.13. The molecule has 0 aliphatic carbocycles. The number of carbonyl (C=O) groups excluding carboxylic acids is 1. The maximum atomic E-state index is 11.4. The van der Waals surface area contributed by atoms with E-state index in [0.29, 0.717) is 0 Å². The Balaban J connectivity index is 1.99. The molecule has 2 aliphatic rings. The van der Waals surface area contributed by atoms with Gasteiger partial charge in [0.15, 0.2) is 6.29 Å². The third-order valence-corrected chi connectivity index (χ3v) is 4.84. The Hall–Kier alpha value is -1.15. The van der Waals surface area contributed by atoms with Gasteiger partial charge in [-0.25, -0.2) is 0 Å². The highest BCUT2D eigenvalue weighted by Crippen LogP contribution is 2.23. The first-order valence-electron chi connectivity index (χ1n) is 9.13. The fraction of sp³-hybridized carbons (Fsp3) is 0.824. The van der Waals surface area contributed by atoms with Crippen molar-refractivity contribution in [3.05, 3.63) is 12.7 Å². The minimum absolute atomic E-state index is 0.000561. The summed E-state index contributed by atoms with van der Waals surface area (Å²) in [6, 6.07) is -1.65. The first kappa shape index (κ1) is 23.1. The first-order chi connectivity index (χ1) is 13.3. The van der Waals surface area contributed by atoms with Crippen LogP contribution in [0.5, 0.6) is 0 Å². The highest BCUT2D eigenvalue weighted by atomic mass is 16.7. The lowest BCUT2D eigenvalue weighted by Crippen LogP contribution is -2.66. The van der Waals surface area contributed by atoms with Gasteiger partial charge >= 0.3 is 0 Å². The molecular formula is C17H30N2O9. The van der Waals surface area contributed by atoms with Crippen molar-refractivity contribution < 1.29 is 44.5 Å². The van der Waals surface area contributed by atoms with Crippen LogP contribution in [0.15, 0.2) is 12.7 Å². The van der Waals surface area contributed by atoms with Crippen LogP contribution in [0.25, 0.3) is 0 Å². The van der Waals surface area contributed by atoms with Gasteiger partial charge in [0.25, 0.3) is 0 Å². The summed E-state index contributed by atoms with van der Waals surface area (Å²) in [7, 11) is 0. The van der Waals surface area contributed by atoms with Gasteiger partial charge in [-0.2, -0.15) is 0 Å². The zero-order valence-corrected chi connectivity index (χ0v) is 15.7. The third-order valence-electron chi connectivity index (χ3n) is 4.84. The Morgan fingerprint density at radius 2 is 1.86 bits per heavy atom. The van der Waals surface area contributed by atoms with E-state index in [-0.39, 0.29) is 19.8 Å². The van der Waals surface area contributed by atoms with Crippen molar-refractivity contribution in [3.8, 4) is 0 Å². The third kappa shape index (κ3) is 5.47. The van der Waals surface area contributed by atoms with Crippen LogP contribution in [-0.2, 0) is 19.0 Å². The molecule has 0 saturated carbocycles. The number of rotatable bonds is 8. The SMILES string of the molecule is C=CCO[C@H]1O[C@H](CN[C@H]2CO[C@H](CO)[C@@H](O)[C@@H]2O)[C@@H](O)[C@H](O)[C@@H]1NC(C)=O. The van der Waals surface area contributed by atoms with Gasteiger partial charge in [-0.3, -0.25) is 4.79 Å². The number of aliphatic hydroxyl groups is 5. The van der Waals surface area contributed by atoms with Crippen LogP contribution in [0.3, 0.4) is 0 Å². The molecule has 2 heterocycles. The molecule has 11 nitrogen and oxygen atoms in total. The monoisotopic (exact) mass is 406 g/mol. The second kappa shape index (κ2) is 10.6. The zero-order chi connectivity index (χ0) is 20.8. The second-order valence-electron chi connectivity index (χ2n) is 6.92. The molecule has 162 valence electrons. The summed E-state index contributed by atoms with van der Waals surface area (Å²) < 4.78 is 16.4. The second-order valence-corrected chi connectivity index (χ2v) is 6.92. The van der Waals surface area contributed by atoms with E-state index in [0.717, 1.165) is 0 Å². The van der Waals surface area contributed by atoms with Gasteiger partial charge in [-0.1, -0.05) is 6.08 Å². The molecule has 2 saturated heterocycles. The van der Waals surface area contributed by atoms with E-state index in [9.17, 15) is 25.2 Å². The molecule has 2 rings (SSSR count). The van der Waals surface area contributed by atoms with Crippen LogP contribution in [0.1, 0.15) is 6.92 Å². The Morgan fingerprint density at radius 3 is 2.46 bits per heavy atom. The zero-order valence-electron chi connectivity index (χ0n) is 15.7. The van der Waals surface area contributed by atoms with Crippen molar-refractivity contribution in [1.29, 1.82) is 0 Å². The van der Waals surface area contributed by atoms with Crippen molar-refractivity contribution in [1.82, 2.24) is 10.6 Å². The molecule has 0 aromatic rings. The summed E-state index contributed by atoms with van der Waals surface area (Å²) in [6.45, 7) is 4.52. The molecular weight excluding hydrogens is 376 g/mol. The van der Waals surface area contributed by atoms with E-state index < -0.39 is 67.5 Å². The standard InChI is InChI=1S/C17H30N2O9/c1-3-4-26-17-12(19-8(2)21)16(25)14(23)10(28-17)5-18-9-7-27-11(6-20)15(24)13(9)22/h3,9-18,20,22-25H,1,4-7H2,2H3,(H,19,21)/t9-,10+,11+,12-,13+,14+,15+,16+,17-/m0/s1. The Bertz CT molecular complexity index is 523. The Labute approximate surface area is 162 Å². The molecule has 7 N–H and O–H groups in total. The molecule has 2 fully saturated rings. The molecule has 28 heavy (non-hydrogen) atoms. The summed E-state index contributed by atoms with van der Waals surface area (Å²) in [5.74, 6) is -0.418. The Morgan fingerprint density at radius 1 is 1.18 bits per heavy atom. The average Bonchev–Trinajstić information content (AvgIpc) is 2.66. The lowest BCUT2D eigenvalue weighted by molar-refractivity contribution is -0.261. The van der Waals surface area contributed by atoms with E-state index >= 15 is 0 Å². The maximum absolute atomic E-state index is 11.4. The molecule has 0 aromatic heterocycles. The summed E-state index contributed by atoms with van der Waals surface area (Å²) in [5.41, 5.74) is 0. The fourth-order valence-electron chi connectivity index (χ4n) is 3.28. The number of aliphatic hydroxyl groups excluding tert-OH is 5. The van der Waals surface area contributed by atoms with Gasteiger partial charge in [-0.15, -0.1) is 6.58 Å². The highest BCUT2D eigenvalue weighted by Gasteiger charge is 2.46. The van der Waals surface area contributed by atoms with Crippen LogP contribution >= 0.6 is 0 Å². The van der Waals surface area contributed by atoms with Crippen molar-refractivity contribution in [2.24, 2.45) is 0 Å². The molecule has 0 unspecified atom stereocenters. The van der Waals surface area contributed by atoms with Crippen molar-refractivity contribution >= 4 is 5.91 Å². The summed E-state index contributed by atoms with van der Waals surface area (Å²) in [6.07, 6.45) is -6.50. The van der Waals surface area contributed by atoms with Crippen LogP contribution in [0, 0.1) is 0 Å². The van der Waals surface area contributed by atoms with Gasteiger partial charge in [0.1, 0.15) is 42.7 Å². The minimum Gasteiger partial charge on any atom is -0.394 e. The summed E-state index contributed by atoms with van der Waals surface area (Å²) in [5, 5.41) is 55.4. The number of carbonyl (C=O) groups is 1. The fourth-order valence-corrected chi connectivity index (χ4v) is 3.28. The average molecular weight is 406 g/mol. The molecule has 11 heteroatoms. The smallest absolute Gasteiger partial charge is 0.217 e. The molecule has 2 aliphatic heterocycles. The largest absolute Gasteiger partial charge is 0.394 e. The normalized spacial score (nSPS) is 41.4. The lowest BCUT2D eigenvalue weighted by Gasteiger charge is -2.43. The van der Waals surface area contributed by atoms with Crippen LogP contribution in [0.4, 0.5) is 0 Å². The van der Waals surface area contributed by atoms with E-state index in [1.54, 1.807) is 0 Å². The van der Waals surface area contributed by atoms with Gasteiger partial charge in [0, 0.05) is 13.5 Å². The molecule has 1 amide bonds. The number of nitrogens with one attached hydrogen (secondary N) is 2. The molecule has 0 radical (unpaired) electrons. The van der Waals surface area contributed by atoms with Gasteiger partial charge < -0.3 is 50.4 Å². The molecule has 0 aromatic carbocycles. The number of amides is 1. The minimum atomic E-state index is -1.35. The van der Waals surface area contributed by atoms with Gasteiger partial charge in [-0.05, 0) is 0 Å². The van der Waals surface area contributed by atoms with E-state index in [1.165, 1.54) is 13.0 Å². The predicted octanol–water partition coefficient (Wildman–Crippen LogP) is -3.79. The van der Waals surface area contributed by atoms with Gasteiger partial charge in [0.05, 0.1) is 25.9 Å². The summed E-state index contributed by atoms with van der Waals surface area (Å²) in [4.78, 5) is 11.4. The van der Waals surface area contributed by atoms with Crippen molar-refractivity contribution in [2.75, 3.05) is 26.4 Å². The van der Waals surface area contributed by atoms with E-state index in [4.69, 9.17) is 19.3 Å². The van der Waals surface area contributed by atoms with Crippen molar-refractivity contribution in [2.45, 2.75) is 61.9 Å². The number of ether oxygens (including phenoxy) is 3. The predicted molar refractivity (Wildman–Crippen MR) is 95.1 cm³/mol. The van der Waals surface area contributed by atoms with Crippen LogP contribution in [0.2, 0.25) is 0 Å². The van der Waals surface area contributed by atoms with Crippen LogP contribution < -0.4 is 10.6 Å². The number of hydrogen-bond donors (Lipinski definition) is 7. The molecule has 0 bridgehead atoms.